The van der Waals surface area contributed by atoms with Crippen molar-refractivity contribution >= 4 is 21.6 Å². The zero-order chi connectivity index (χ0) is 18.9. The second kappa shape index (κ2) is 10.2. The average Bonchev–Trinajstić information content (AvgIpc) is 2.54. The van der Waals surface area contributed by atoms with E-state index in [2.05, 4.69) is 10.2 Å². The van der Waals surface area contributed by atoms with E-state index in [1.807, 2.05) is 14.1 Å². The lowest BCUT2D eigenvalue weighted by atomic mass is 10.2. The maximum Gasteiger partial charge on any atom is 0.232 e. The van der Waals surface area contributed by atoms with Crippen LogP contribution in [-0.2, 0) is 14.8 Å². The normalized spacial score (nSPS) is 11.4. The quantitative estimate of drug-likeness (QED) is 0.594. The topological polar surface area (TPSA) is 79.0 Å². The van der Waals surface area contributed by atoms with Crippen LogP contribution in [0, 0.1) is 0 Å². The standard InChI is InChI=1S/C17H29N3O4S/c1-19(2)12-7-11-18-17(21)10-6-13-20(25(4,22)23)15-8-5-9-16(14-15)24-3/h5,8-9,14H,6-7,10-13H2,1-4H3,(H,18,21). The summed E-state index contributed by atoms with van der Waals surface area (Å²) >= 11 is 0. The molecule has 1 amide bonds. The fraction of sp³-hybridized carbons (Fsp3) is 0.588. The van der Waals surface area contributed by atoms with Gasteiger partial charge >= 0.3 is 0 Å². The summed E-state index contributed by atoms with van der Waals surface area (Å²) in [5, 5.41) is 2.85. The van der Waals surface area contributed by atoms with Gasteiger partial charge in [-0.2, -0.15) is 0 Å². The molecule has 0 saturated heterocycles. The number of benzene rings is 1. The lowest BCUT2D eigenvalue weighted by Gasteiger charge is -2.22. The van der Waals surface area contributed by atoms with E-state index in [9.17, 15) is 13.2 Å². The number of hydrogen-bond acceptors (Lipinski definition) is 5. The second-order valence-electron chi connectivity index (χ2n) is 6.15. The predicted octanol–water partition coefficient (Wildman–Crippen LogP) is 1.31. The Labute approximate surface area is 151 Å². The molecule has 7 nitrogen and oxygen atoms in total. The summed E-state index contributed by atoms with van der Waals surface area (Å²) in [5.41, 5.74) is 0.535. The van der Waals surface area contributed by atoms with Gasteiger partial charge in [-0.05, 0) is 45.6 Å². The van der Waals surface area contributed by atoms with Crippen molar-refractivity contribution in [3.8, 4) is 5.75 Å². The van der Waals surface area contributed by atoms with Crippen LogP contribution in [-0.4, -0.2) is 66.3 Å². The number of carbonyl (C=O) groups is 1. The van der Waals surface area contributed by atoms with Crippen molar-refractivity contribution in [2.75, 3.05) is 51.4 Å². The van der Waals surface area contributed by atoms with Crippen molar-refractivity contribution in [3.63, 3.8) is 0 Å². The van der Waals surface area contributed by atoms with Gasteiger partial charge in [0.15, 0.2) is 0 Å². The molecular formula is C17H29N3O4S. The highest BCUT2D eigenvalue weighted by atomic mass is 32.2. The maximum atomic E-state index is 12.1. The lowest BCUT2D eigenvalue weighted by molar-refractivity contribution is -0.121. The molecule has 0 radical (unpaired) electrons. The van der Waals surface area contributed by atoms with Crippen molar-refractivity contribution < 1.29 is 17.9 Å². The van der Waals surface area contributed by atoms with Crippen molar-refractivity contribution in [2.24, 2.45) is 0 Å². The summed E-state index contributed by atoms with van der Waals surface area (Å²) in [5.74, 6) is 0.530. The maximum absolute atomic E-state index is 12.1. The number of rotatable bonds is 11. The monoisotopic (exact) mass is 371 g/mol. The number of anilines is 1. The smallest absolute Gasteiger partial charge is 0.232 e. The Morgan fingerprint density at radius 3 is 2.52 bits per heavy atom. The van der Waals surface area contributed by atoms with Crippen LogP contribution in [0.15, 0.2) is 24.3 Å². The van der Waals surface area contributed by atoms with Crippen LogP contribution < -0.4 is 14.4 Å². The summed E-state index contributed by atoms with van der Waals surface area (Å²) in [4.78, 5) is 13.9. The van der Waals surface area contributed by atoms with Gasteiger partial charge in [0.1, 0.15) is 5.75 Å². The largest absolute Gasteiger partial charge is 0.497 e. The molecule has 0 saturated carbocycles. The van der Waals surface area contributed by atoms with Crippen LogP contribution in [0.3, 0.4) is 0 Å². The van der Waals surface area contributed by atoms with Gasteiger partial charge in [-0.25, -0.2) is 8.42 Å². The molecule has 25 heavy (non-hydrogen) atoms. The van der Waals surface area contributed by atoms with Crippen LogP contribution in [0.1, 0.15) is 19.3 Å². The molecule has 1 rings (SSSR count). The first-order valence-electron chi connectivity index (χ1n) is 8.27. The van der Waals surface area contributed by atoms with Gasteiger partial charge in [-0.3, -0.25) is 9.10 Å². The van der Waals surface area contributed by atoms with E-state index >= 15 is 0 Å². The Morgan fingerprint density at radius 2 is 1.92 bits per heavy atom. The Morgan fingerprint density at radius 1 is 1.20 bits per heavy atom. The van der Waals surface area contributed by atoms with E-state index in [0.717, 1.165) is 19.2 Å². The molecule has 0 atom stereocenters. The molecule has 0 fully saturated rings. The summed E-state index contributed by atoms with van der Waals surface area (Å²) in [6.45, 7) is 1.79. The van der Waals surface area contributed by atoms with Gasteiger partial charge < -0.3 is 15.0 Å². The second-order valence-corrected chi connectivity index (χ2v) is 8.05. The minimum atomic E-state index is -3.43. The summed E-state index contributed by atoms with van der Waals surface area (Å²) in [6.07, 6.45) is 2.79. The number of amides is 1. The fourth-order valence-corrected chi connectivity index (χ4v) is 3.30. The van der Waals surface area contributed by atoms with Crippen LogP contribution >= 0.6 is 0 Å². The Hall–Kier alpha value is -1.80. The van der Waals surface area contributed by atoms with Crippen molar-refractivity contribution in [1.29, 1.82) is 0 Å². The number of nitrogens with zero attached hydrogens (tertiary/aromatic N) is 2. The van der Waals surface area contributed by atoms with E-state index in [1.165, 1.54) is 11.4 Å². The highest BCUT2D eigenvalue weighted by molar-refractivity contribution is 7.92. The first-order valence-corrected chi connectivity index (χ1v) is 10.1. The van der Waals surface area contributed by atoms with Gasteiger partial charge in [0.2, 0.25) is 15.9 Å². The van der Waals surface area contributed by atoms with Crippen LogP contribution in [0.2, 0.25) is 0 Å². The molecule has 1 aromatic rings. The highest BCUT2D eigenvalue weighted by Gasteiger charge is 2.18. The van der Waals surface area contributed by atoms with Crippen LogP contribution in [0.4, 0.5) is 5.69 Å². The van der Waals surface area contributed by atoms with E-state index in [4.69, 9.17) is 4.74 Å². The zero-order valence-corrected chi connectivity index (χ0v) is 16.3. The third kappa shape index (κ3) is 8.22. The number of methoxy groups -OCH3 is 1. The Bertz CT molecular complexity index is 647. The average molecular weight is 372 g/mol. The zero-order valence-electron chi connectivity index (χ0n) is 15.5. The summed E-state index contributed by atoms with van der Waals surface area (Å²) < 4.78 is 30.6. The molecule has 142 valence electrons. The third-order valence-corrected chi connectivity index (χ3v) is 4.81. The van der Waals surface area contributed by atoms with E-state index in [1.54, 1.807) is 24.3 Å². The first-order chi connectivity index (χ1) is 11.7. The molecule has 0 bridgehead atoms. The number of sulfonamides is 1. The molecule has 0 aromatic heterocycles. The molecule has 0 aliphatic carbocycles. The van der Waals surface area contributed by atoms with Gasteiger partial charge in [-0.1, -0.05) is 6.07 Å². The molecular weight excluding hydrogens is 342 g/mol. The number of nitrogens with one attached hydrogen (secondary N) is 1. The molecule has 0 unspecified atom stereocenters. The molecule has 1 N–H and O–H groups in total. The van der Waals surface area contributed by atoms with Gasteiger partial charge in [0.25, 0.3) is 0 Å². The van der Waals surface area contributed by atoms with Gasteiger partial charge in [-0.15, -0.1) is 0 Å². The van der Waals surface area contributed by atoms with Crippen LogP contribution in [0.5, 0.6) is 5.75 Å². The molecule has 8 heteroatoms. The van der Waals surface area contributed by atoms with Crippen LogP contribution in [0.25, 0.3) is 0 Å². The van der Waals surface area contributed by atoms with E-state index < -0.39 is 10.0 Å². The number of carbonyl (C=O) groups excluding carboxylic acids is 1. The Kier molecular flexibility index (Phi) is 8.71. The lowest BCUT2D eigenvalue weighted by Crippen LogP contribution is -2.32. The van der Waals surface area contributed by atoms with Crippen molar-refractivity contribution in [2.45, 2.75) is 19.3 Å². The number of ether oxygens (including phenoxy) is 1. The van der Waals surface area contributed by atoms with Crippen molar-refractivity contribution in [1.82, 2.24) is 10.2 Å². The highest BCUT2D eigenvalue weighted by Crippen LogP contribution is 2.23. The third-order valence-electron chi connectivity index (χ3n) is 3.61. The SMILES string of the molecule is COc1cccc(N(CCCC(=O)NCCCN(C)C)S(C)(=O)=O)c1. The molecule has 1 aromatic carbocycles. The predicted molar refractivity (Wildman–Crippen MR) is 101 cm³/mol. The van der Waals surface area contributed by atoms with Crippen molar-refractivity contribution in [3.05, 3.63) is 24.3 Å². The molecule has 0 aliphatic rings. The fourth-order valence-electron chi connectivity index (χ4n) is 2.35. The minimum absolute atomic E-state index is 0.0575. The van der Waals surface area contributed by atoms with Gasteiger partial charge in [0, 0.05) is 25.6 Å². The van der Waals surface area contributed by atoms with Gasteiger partial charge in [0.05, 0.1) is 19.1 Å². The number of hydrogen-bond donors (Lipinski definition) is 1. The summed E-state index contributed by atoms with van der Waals surface area (Å²) in [7, 11) is 2.07. The minimum Gasteiger partial charge on any atom is -0.497 e. The van der Waals surface area contributed by atoms with E-state index in [0.29, 0.717) is 24.4 Å². The Balaban J connectivity index is 2.53. The molecule has 0 aliphatic heterocycles. The van der Waals surface area contributed by atoms with E-state index in [-0.39, 0.29) is 18.9 Å². The molecule has 0 spiro atoms. The molecule has 0 heterocycles. The summed E-state index contributed by atoms with van der Waals surface area (Å²) in [6, 6.07) is 6.88. The first kappa shape index (κ1) is 21.2.